The van der Waals surface area contributed by atoms with Gasteiger partial charge in [0.15, 0.2) is 0 Å². The first-order chi connectivity index (χ1) is 8.60. The zero-order valence-electron chi connectivity index (χ0n) is 9.49. The van der Waals surface area contributed by atoms with Crippen molar-refractivity contribution in [2.75, 3.05) is 0 Å². The van der Waals surface area contributed by atoms with E-state index in [0.29, 0.717) is 11.6 Å². The maximum absolute atomic E-state index is 13.0. The molecule has 0 radical (unpaired) electrons. The highest BCUT2D eigenvalue weighted by Gasteiger charge is 2.12. The molecule has 2 aromatic rings. The Morgan fingerprint density at radius 2 is 2.28 bits per heavy atom. The van der Waals surface area contributed by atoms with Gasteiger partial charge in [0.1, 0.15) is 22.7 Å². The molecule has 0 saturated heterocycles. The van der Waals surface area contributed by atoms with Gasteiger partial charge in [0.05, 0.1) is 16.6 Å². The monoisotopic (exact) mass is 305 g/mol. The lowest BCUT2D eigenvalue weighted by Gasteiger charge is -2.12. The molecule has 0 aliphatic rings. The number of hydrogen-bond acceptors (Lipinski definition) is 3. The third-order valence-corrected chi connectivity index (χ3v) is 3.88. The van der Waals surface area contributed by atoms with E-state index in [0.717, 1.165) is 10.7 Å². The number of ether oxygens (including phenoxy) is 1. The van der Waals surface area contributed by atoms with E-state index in [1.165, 1.54) is 29.5 Å². The van der Waals surface area contributed by atoms with E-state index >= 15 is 0 Å². The average molecular weight is 306 g/mol. The SMILES string of the molecule is CC(Oc1ccc(F)c(Cl)c1)c1nc(CCl)cs1. The molecule has 1 atom stereocenters. The lowest BCUT2D eigenvalue weighted by atomic mass is 10.3. The van der Waals surface area contributed by atoms with Crippen molar-refractivity contribution >= 4 is 34.5 Å². The maximum Gasteiger partial charge on any atom is 0.147 e. The highest BCUT2D eigenvalue weighted by atomic mass is 35.5. The zero-order valence-corrected chi connectivity index (χ0v) is 11.8. The predicted molar refractivity (Wildman–Crippen MR) is 72.1 cm³/mol. The van der Waals surface area contributed by atoms with Gasteiger partial charge in [0.2, 0.25) is 0 Å². The fourth-order valence-corrected chi connectivity index (χ4v) is 2.58. The second-order valence-corrected chi connectivity index (χ2v) is 5.21. The standard InChI is InChI=1S/C12H10Cl2FNOS/c1-7(12-16-8(5-13)6-18-12)17-9-2-3-11(15)10(14)4-9/h2-4,6-7H,5H2,1H3. The summed E-state index contributed by atoms with van der Waals surface area (Å²) in [4.78, 5) is 4.32. The van der Waals surface area contributed by atoms with Gasteiger partial charge in [0.25, 0.3) is 0 Å². The number of aromatic nitrogens is 1. The van der Waals surface area contributed by atoms with E-state index in [1.807, 2.05) is 12.3 Å². The van der Waals surface area contributed by atoms with Crippen LogP contribution in [0.3, 0.4) is 0 Å². The first-order valence-corrected chi connectivity index (χ1v) is 7.01. The molecule has 0 aliphatic heterocycles. The molecule has 18 heavy (non-hydrogen) atoms. The van der Waals surface area contributed by atoms with Crippen molar-refractivity contribution in [3.63, 3.8) is 0 Å². The van der Waals surface area contributed by atoms with E-state index in [-0.39, 0.29) is 11.1 Å². The van der Waals surface area contributed by atoms with Crippen LogP contribution in [0, 0.1) is 5.82 Å². The molecule has 0 saturated carbocycles. The zero-order chi connectivity index (χ0) is 13.1. The molecule has 1 aromatic heterocycles. The molecular weight excluding hydrogens is 296 g/mol. The molecular formula is C12H10Cl2FNOS. The first kappa shape index (κ1) is 13.6. The summed E-state index contributed by atoms with van der Waals surface area (Å²) in [5.41, 5.74) is 0.823. The topological polar surface area (TPSA) is 22.1 Å². The number of hydrogen-bond donors (Lipinski definition) is 0. The molecule has 1 unspecified atom stereocenters. The van der Waals surface area contributed by atoms with Gasteiger partial charge in [-0.05, 0) is 19.1 Å². The minimum Gasteiger partial charge on any atom is -0.483 e. The molecule has 2 nitrogen and oxygen atoms in total. The second kappa shape index (κ2) is 5.87. The van der Waals surface area contributed by atoms with E-state index in [1.54, 1.807) is 0 Å². The Hall–Kier alpha value is -0.840. The summed E-state index contributed by atoms with van der Waals surface area (Å²) >= 11 is 12.9. The van der Waals surface area contributed by atoms with Crippen LogP contribution in [-0.4, -0.2) is 4.98 Å². The summed E-state index contributed by atoms with van der Waals surface area (Å²) in [5.74, 6) is 0.429. The van der Waals surface area contributed by atoms with Crippen molar-refractivity contribution in [3.8, 4) is 5.75 Å². The molecule has 2 rings (SSSR count). The number of rotatable bonds is 4. The van der Waals surface area contributed by atoms with Crippen LogP contribution in [0.1, 0.15) is 23.7 Å². The van der Waals surface area contributed by atoms with Gasteiger partial charge in [0, 0.05) is 11.4 Å². The minimum absolute atomic E-state index is 0.0419. The molecule has 1 heterocycles. The number of alkyl halides is 1. The molecule has 0 amide bonds. The van der Waals surface area contributed by atoms with Gasteiger partial charge in [-0.3, -0.25) is 0 Å². The fraction of sp³-hybridized carbons (Fsp3) is 0.250. The van der Waals surface area contributed by atoms with Crippen molar-refractivity contribution in [3.05, 3.63) is 45.1 Å². The summed E-state index contributed by atoms with van der Waals surface area (Å²) < 4.78 is 18.6. The Labute approximate surface area is 118 Å². The maximum atomic E-state index is 13.0. The summed E-state index contributed by atoms with van der Waals surface area (Å²) in [7, 11) is 0. The number of benzene rings is 1. The van der Waals surface area contributed by atoms with Crippen LogP contribution in [0.15, 0.2) is 23.6 Å². The van der Waals surface area contributed by atoms with Crippen LogP contribution < -0.4 is 4.74 Å². The van der Waals surface area contributed by atoms with Crippen LogP contribution in [-0.2, 0) is 5.88 Å². The van der Waals surface area contributed by atoms with Gasteiger partial charge < -0.3 is 4.74 Å². The van der Waals surface area contributed by atoms with E-state index < -0.39 is 5.82 Å². The molecule has 1 aromatic carbocycles. The second-order valence-electron chi connectivity index (χ2n) is 3.65. The third-order valence-electron chi connectivity index (χ3n) is 2.26. The van der Waals surface area contributed by atoms with Gasteiger partial charge in [-0.25, -0.2) is 9.37 Å². The quantitative estimate of drug-likeness (QED) is 0.756. The highest BCUT2D eigenvalue weighted by Crippen LogP contribution is 2.27. The van der Waals surface area contributed by atoms with Crippen LogP contribution in [0.4, 0.5) is 4.39 Å². The Morgan fingerprint density at radius 3 is 2.89 bits per heavy atom. The Bertz CT molecular complexity index is 547. The molecule has 6 heteroatoms. The fourth-order valence-electron chi connectivity index (χ4n) is 1.38. The average Bonchev–Trinajstić information content (AvgIpc) is 2.82. The lowest BCUT2D eigenvalue weighted by molar-refractivity contribution is 0.226. The van der Waals surface area contributed by atoms with E-state index in [4.69, 9.17) is 27.9 Å². The van der Waals surface area contributed by atoms with Crippen molar-refractivity contribution in [2.24, 2.45) is 0 Å². The normalized spacial score (nSPS) is 12.4. The smallest absolute Gasteiger partial charge is 0.147 e. The molecule has 0 bridgehead atoms. The third kappa shape index (κ3) is 3.13. The molecule has 0 fully saturated rings. The van der Waals surface area contributed by atoms with Crippen LogP contribution in [0.5, 0.6) is 5.75 Å². The Morgan fingerprint density at radius 1 is 1.50 bits per heavy atom. The summed E-state index contributed by atoms with van der Waals surface area (Å²) in [5, 5.41) is 2.76. The van der Waals surface area contributed by atoms with Gasteiger partial charge in [-0.1, -0.05) is 11.6 Å². The number of nitrogens with zero attached hydrogens (tertiary/aromatic N) is 1. The highest BCUT2D eigenvalue weighted by molar-refractivity contribution is 7.09. The lowest BCUT2D eigenvalue weighted by Crippen LogP contribution is -2.03. The summed E-state index contributed by atoms with van der Waals surface area (Å²) in [6, 6.07) is 4.26. The van der Waals surface area contributed by atoms with Gasteiger partial charge >= 0.3 is 0 Å². The number of halogens is 3. The Balaban J connectivity index is 2.10. The number of thiazole rings is 1. The van der Waals surface area contributed by atoms with Crippen LogP contribution in [0.2, 0.25) is 5.02 Å². The molecule has 0 aliphatic carbocycles. The van der Waals surface area contributed by atoms with Crippen molar-refractivity contribution in [1.82, 2.24) is 4.98 Å². The van der Waals surface area contributed by atoms with Crippen molar-refractivity contribution < 1.29 is 9.13 Å². The van der Waals surface area contributed by atoms with Gasteiger partial charge in [-0.15, -0.1) is 22.9 Å². The van der Waals surface area contributed by atoms with E-state index in [2.05, 4.69) is 4.98 Å². The van der Waals surface area contributed by atoms with E-state index in [9.17, 15) is 4.39 Å². The predicted octanol–water partition coefficient (Wildman–Crippen LogP) is 4.81. The minimum atomic E-state index is -0.463. The van der Waals surface area contributed by atoms with Crippen LogP contribution >= 0.6 is 34.5 Å². The summed E-state index contributed by atoms with van der Waals surface area (Å²) in [6.45, 7) is 1.87. The summed E-state index contributed by atoms with van der Waals surface area (Å²) in [6.07, 6.45) is -0.228. The van der Waals surface area contributed by atoms with Gasteiger partial charge in [-0.2, -0.15) is 0 Å². The molecule has 96 valence electrons. The van der Waals surface area contributed by atoms with Crippen molar-refractivity contribution in [1.29, 1.82) is 0 Å². The molecule has 0 N–H and O–H groups in total. The van der Waals surface area contributed by atoms with Crippen molar-refractivity contribution in [2.45, 2.75) is 18.9 Å². The first-order valence-electron chi connectivity index (χ1n) is 5.22. The Kier molecular flexibility index (Phi) is 4.43. The van der Waals surface area contributed by atoms with Crippen LogP contribution in [0.25, 0.3) is 0 Å². The largest absolute Gasteiger partial charge is 0.483 e. The molecule has 0 spiro atoms.